The number of H-pyrrole nitrogens is 1. The summed E-state index contributed by atoms with van der Waals surface area (Å²) in [6, 6.07) is -0.615. The zero-order valence-corrected chi connectivity index (χ0v) is 14.2. The van der Waals surface area contributed by atoms with Crippen LogP contribution >= 0.6 is 0 Å². The summed E-state index contributed by atoms with van der Waals surface area (Å²) in [5, 5.41) is 9.21. The van der Waals surface area contributed by atoms with E-state index in [1.165, 1.54) is 4.90 Å². The fourth-order valence-corrected chi connectivity index (χ4v) is 3.29. The van der Waals surface area contributed by atoms with Crippen molar-refractivity contribution in [1.29, 1.82) is 0 Å². The van der Waals surface area contributed by atoms with Crippen LogP contribution in [0.3, 0.4) is 0 Å². The molecule has 0 aromatic carbocycles. The molecule has 7 nitrogen and oxygen atoms in total. The Hall–Kier alpha value is -2.06. The molecule has 3 rings (SSSR count). The molecule has 1 aromatic rings. The first-order valence-corrected chi connectivity index (χ1v) is 8.74. The van der Waals surface area contributed by atoms with E-state index in [0.717, 1.165) is 0 Å². The predicted molar refractivity (Wildman–Crippen MR) is 85.3 cm³/mol. The summed E-state index contributed by atoms with van der Waals surface area (Å²) in [6.45, 7) is 2.11. The summed E-state index contributed by atoms with van der Waals surface area (Å²) >= 11 is 0. The number of piperidine rings is 1. The number of nitrogens with zero attached hydrogens (tertiary/aromatic N) is 3. The number of carbonyl (C=O) groups excluding carboxylic acids is 2. The van der Waals surface area contributed by atoms with Crippen LogP contribution in [0.2, 0.25) is 0 Å². The van der Waals surface area contributed by atoms with Gasteiger partial charge in [-0.3, -0.25) is 14.7 Å². The van der Waals surface area contributed by atoms with Crippen LogP contribution in [0.15, 0.2) is 0 Å². The number of likely N-dealkylation sites (tertiary alicyclic amines) is 1. The van der Waals surface area contributed by atoms with Gasteiger partial charge >= 0.3 is 0 Å². The lowest BCUT2D eigenvalue weighted by Crippen LogP contribution is -2.54. The van der Waals surface area contributed by atoms with Gasteiger partial charge in [-0.1, -0.05) is 6.92 Å². The molecule has 25 heavy (non-hydrogen) atoms. The smallest absolute Gasteiger partial charge is 0.293 e. The average molecular weight is 355 g/mol. The second-order valence-corrected chi connectivity index (χ2v) is 6.83. The number of halogens is 2. The van der Waals surface area contributed by atoms with Crippen LogP contribution in [0.5, 0.6) is 0 Å². The van der Waals surface area contributed by atoms with Crippen LogP contribution in [-0.2, 0) is 11.2 Å². The first kappa shape index (κ1) is 17.8. The zero-order chi connectivity index (χ0) is 18.0. The number of aromatic nitrogens is 3. The van der Waals surface area contributed by atoms with Gasteiger partial charge in [-0.05, 0) is 25.2 Å². The lowest BCUT2D eigenvalue weighted by Gasteiger charge is -2.35. The molecule has 2 aliphatic rings. The predicted octanol–water partition coefficient (Wildman–Crippen LogP) is 1.17. The number of hydrogen-bond acceptors (Lipinski definition) is 4. The van der Waals surface area contributed by atoms with Gasteiger partial charge in [0.1, 0.15) is 18.2 Å². The third-order valence-corrected chi connectivity index (χ3v) is 4.89. The van der Waals surface area contributed by atoms with Gasteiger partial charge in [0.25, 0.3) is 5.91 Å². The summed E-state index contributed by atoms with van der Waals surface area (Å²) in [6.07, 6.45) is -0.120. The summed E-state index contributed by atoms with van der Waals surface area (Å²) in [7, 11) is 0. The summed E-state index contributed by atoms with van der Waals surface area (Å²) in [5.41, 5.74) is 0. The van der Waals surface area contributed by atoms with Gasteiger partial charge in [0.15, 0.2) is 0 Å². The molecule has 2 N–H and O–H groups in total. The second-order valence-electron chi connectivity index (χ2n) is 6.83. The first-order valence-electron chi connectivity index (χ1n) is 8.74. The van der Waals surface area contributed by atoms with Crippen LogP contribution in [-0.4, -0.2) is 63.4 Å². The summed E-state index contributed by atoms with van der Waals surface area (Å²) in [4.78, 5) is 29.7. The molecule has 1 saturated carbocycles. The Bertz CT molecular complexity index is 632. The maximum Gasteiger partial charge on any atom is 0.293 e. The molecule has 2 heterocycles. The molecule has 0 radical (unpaired) electrons. The first-order chi connectivity index (χ1) is 12.0. The number of nitrogens with one attached hydrogen (secondary N) is 2. The highest BCUT2D eigenvalue weighted by molar-refractivity contribution is 5.90. The lowest BCUT2D eigenvalue weighted by molar-refractivity contribution is -0.124. The highest BCUT2D eigenvalue weighted by atomic mass is 19.1. The molecule has 2 amide bonds. The topological polar surface area (TPSA) is 91.0 Å². The third-order valence-electron chi connectivity index (χ3n) is 4.89. The molecule has 2 fully saturated rings. The summed E-state index contributed by atoms with van der Waals surface area (Å²) in [5.74, 6) is 0.0528. The van der Waals surface area contributed by atoms with Crippen LogP contribution < -0.4 is 5.32 Å². The van der Waals surface area contributed by atoms with Crippen molar-refractivity contribution in [3.8, 4) is 0 Å². The van der Waals surface area contributed by atoms with Crippen molar-refractivity contribution in [2.24, 2.45) is 5.92 Å². The average Bonchev–Trinajstić information content (AvgIpc) is 3.03. The number of amides is 2. The molecule has 1 aliphatic carbocycles. The molecular weight excluding hydrogens is 332 g/mol. The lowest BCUT2D eigenvalue weighted by atomic mass is 9.81. The Morgan fingerprint density at radius 3 is 2.72 bits per heavy atom. The van der Waals surface area contributed by atoms with E-state index >= 15 is 0 Å². The minimum atomic E-state index is -1.35. The molecule has 1 aliphatic heterocycles. The van der Waals surface area contributed by atoms with E-state index in [9.17, 15) is 18.4 Å². The van der Waals surface area contributed by atoms with Crippen molar-refractivity contribution in [3.05, 3.63) is 11.6 Å². The Balaban J connectivity index is 1.48. The largest absolute Gasteiger partial charge is 0.350 e. The normalized spacial score (nSPS) is 29.2. The SMILES string of the molecule is CCc1nc(C(=O)N2CCC(NC(=O)CC3CC(F)C3)C(F)C2)n[nH]1. The zero-order valence-electron chi connectivity index (χ0n) is 14.2. The molecule has 0 spiro atoms. The number of carbonyl (C=O) groups is 2. The molecule has 138 valence electrons. The maximum atomic E-state index is 14.4. The fourth-order valence-electron chi connectivity index (χ4n) is 3.29. The second kappa shape index (κ2) is 7.45. The van der Waals surface area contributed by atoms with E-state index < -0.39 is 24.3 Å². The molecule has 2 unspecified atom stereocenters. The van der Waals surface area contributed by atoms with Gasteiger partial charge in [0, 0.05) is 19.4 Å². The van der Waals surface area contributed by atoms with E-state index in [1.807, 2.05) is 6.92 Å². The molecule has 9 heteroatoms. The van der Waals surface area contributed by atoms with Gasteiger partial charge < -0.3 is 10.2 Å². The van der Waals surface area contributed by atoms with E-state index in [1.54, 1.807) is 0 Å². The Morgan fingerprint density at radius 1 is 1.36 bits per heavy atom. The van der Waals surface area contributed by atoms with E-state index in [4.69, 9.17) is 0 Å². The Kier molecular flexibility index (Phi) is 5.29. The molecule has 2 atom stereocenters. The van der Waals surface area contributed by atoms with E-state index in [0.29, 0.717) is 38.1 Å². The minimum absolute atomic E-state index is 0.0392. The Labute approximate surface area is 144 Å². The Morgan fingerprint density at radius 2 is 2.12 bits per heavy atom. The van der Waals surface area contributed by atoms with Gasteiger partial charge in [-0.15, -0.1) is 5.10 Å². The van der Waals surface area contributed by atoms with Crippen LogP contribution in [0.4, 0.5) is 8.78 Å². The highest BCUT2D eigenvalue weighted by Crippen LogP contribution is 2.32. The maximum absolute atomic E-state index is 14.4. The van der Waals surface area contributed by atoms with Crippen LogP contribution in [0, 0.1) is 5.92 Å². The van der Waals surface area contributed by atoms with E-state index in [2.05, 4.69) is 20.5 Å². The van der Waals surface area contributed by atoms with Gasteiger partial charge in [-0.25, -0.2) is 13.8 Å². The standard InChI is InChI=1S/C16H23F2N5O2/c1-2-13-20-15(22-21-13)16(25)23-4-3-12(11(18)8-23)19-14(24)7-9-5-10(17)6-9/h9-12H,2-8H2,1H3,(H,19,24)(H,20,21,22). The molecule has 1 saturated heterocycles. The van der Waals surface area contributed by atoms with Gasteiger partial charge in [-0.2, -0.15) is 0 Å². The third kappa shape index (κ3) is 4.13. The van der Waals surface area contributed by atoms with Crippen molar-refractivity contribution < 1.29 is 18.4 Å². The van der Waals surface area contributed by atoms with Crippen molar-refractivity contribution in [2.45, 2.75) is 57.4 Å². The minimum Gasteiger partial charge on any atom is -0.350 e. The number of aromatic amines is 1. The molecular formula is C16H23F2N5O2. The van der Waals surface area contributed by atoms with Crippen LogP contribution in [0.25, 0.3) is 0 Å². The summed E-state index contributed by atoms with van der Waals surface area (Å²) < 4.78 is 27.2. The van der Waals surface area contributed by atoms with E-state index in [-0.39, 0.29) is 30.6 Å². The number of aryl methyl sites for hydroxylation is 1. The van der Waals surface area contributed by atoms with Gasteiger partial charge in [0.05, 0.1) is 12.6 Å². The van der Waals surface area contributed by atoms with Crippen molar-refractivity contribution in [1.82, 2.24) is 25.4 Å². The fraction of sp³-hybridized carbons (Fsp3) is 0.750. The molecule has 0 bridgehead atoms. The van der Waals surface area contributed by atoms with Crippen molar-refractivity contribution >= 4 is 11.8 Å². The number of rotatable bonds is 5. The number of hydrogen-bond donors (Lipinski definition) is 2. The van der Waals surface area contributed by atoms with Crippen molar-refractivity contribution in [2.75, 3.05) is 13.1 Å². The molecule has 1 aromatic heterocycles. The quantitative estimate of drug-likeness (QED) is 0.830. The van der Waals surface area contributed by atoms with Crippen LogP contribution in [0.1, 0.15) is 49.1 Å². The highest BCUT2D eigenvalue weighted by Gasteiger charge is 2.35. The van der Waals surface area contributed by atoms with Gasteiger partial charge in [0.2, 0.25) is 11.7 Å². The van der Waals surface area contributed by atoms with Crippen molar-refractivity contribution in [3.63, 3.8) is 0 Å². The number of alkyl halides is 2. The monoisotopic (exact) mass is 355 g/mol.